The maximum atomic E-state index is 13.3. The molecule has 1 N–H and O–H groups in total. The number of amides is 1. The summed E-state index contributed by atoms with van der Waals surface area (Å²) in [7, 11) is -3.55. The van der Waals surface area contributed by atoms with Crippen LogP contribution in [-0.2, 0) is 16.6 Å². The van der Waals surface area contributed by atoms with Crippen molar-refractivity contribution in [1.82, 2.24) is 19.4 Å². The van der Waals surface area contributed by atoms with E-state index in [9.17, 15) is 13.2 Å². The number of nitrogens with one attached hydrogen (secondary N) is 1. The van der Waals surface area contributed by atoms with E-state index in [2.05, 4.69) is 10.4 Å². The topological polar surface area (TPSA) is 84.3 Å². The van der Waals surface area contributed by atoms with Gasteiger partial charge in [-0.15, -0.1) is 0 Å². The first-order valence-corrected chi connectivity index (χ1v) is 12.6. The van der Waals surface area contributed by atoms with Gasteiger partial charge in [-0.1, -0.05) is 31.9 Å². The summed E-state index contributed by atoms with van der Waals surface area (Å²) in [5.74, 6) is -0.0853. The van der Waals surface area contributed by atoms with Gasteiger partial charge in [0, 0.05) is 24.7 Å². The lowest BCUT2D eigenvalue weighted by Crippen LogP contribution is -2.32. The molecule has 2 heterocycles. The molecule has 1 saturated heterocycles. The van der Waals surface area contributed by atoms with Crippen molar-refractivity contribution < 1.29 is 13.2 Å². The molecule has 1 fully saturated rings. The van der Waals surface area contributed by atoms with Gasteiger partial charge in [-0.2, -0.15) is 9.40 Å². The lowest BCUT2D eigenvalue weighted by atomic mass is 10.1. The number of hydrogen-bond acceptors (Lipinski definition) is 4. The second kappa shape index (κ2) is 9.96. The summed E-state index contributed by atoms with van der Waals surface area (Å²) in [5.41, 5.74) is 2.76. The Morgan fingerprint density at radius 2 is 1.71 bits per heavy atom. The molecule has 0 spiro atoms. The predicted molar refractivity (Wildman–Crippen MR) is 122 cm³/mol. The van der Waals surface area contributed by atoms with Crippen molar-refractivity contribution in [1.29, 1.82) is 0 Å². The van der Waals surface area contributed by atoms with Crippen LogP contribution >= 0.6 is 0 Å². The maximum Gasteiger partial charge on any atom is 0.251 e. The average molecular weight is 447 g/mol. The molecule has 170 valence electrons. The Bertz CT molecular complexity index is 1000. The van der Waals surface area contributed by atoms with Crippen molar-refractivity contribution in [2.45, 2.75) is 77.3 Å². The van der Waals surface area contributed by atoms with E-state index in [0.29, 0.717) is 41.5 Å². The Balaban J connectivity index is 1.78. The Hall–Kier alpha value is -2.19. The predicted octanol–water partition coefficient (Wildman–Crippen LogP) is 3.64. The molecule has 2 aromatic rings. The molecule has 1 atom stereocenters. The number of aryl methyl sites for hydroxylation is 1. The van der Waals surface area contributed by atoms with Crippen LogP contribution < -0.4 is 5.32 Å². The molecule has 31 heavy (non-hydrogen) atoms. The number of benzene rings is 1. The number of sulfonamides is 1. The fourth-order valence-electron chi connectivity index (χ4n) is 3.96. The Morgan fingerprint density at radius 1 is 1.10 bits per heavy atom. The fraction of sp³-hybridized carbons (Fsp3) is 0.565. The molecule has 1 aliphatic heterocycles. The van der Waals surface area contributed by atoms with Crippen LogP contribution in [0.25, 0.3) is 0 Å². The van der Waals surface area contributed by atoms with Crippen LogP contribution in [0.15, 0.2) is 29.2 Å². The van der Waals surface area contributed by atoms with E-state index in [-0.39, 0.29) is 11.9 Å². The molecule has 0 bridgehead atoms. The molecule has 8 heteroatoms. The highest BCUT2D eigenvalue weighted by Crippen LogP contribution is 2.26. The van der Waals surface area contributed by atoms with Crippen molar-refractivity contribution >= 4 is 15.9 Å². The summed E-state index contributed by atoms with van der Waals surface area (Å²) in [6, 6.07) is 7.52. The number of nitrogens with zero attached hydrogens (tertiary/aromatic N) is 3. The third kappa shape index (κ3) is 5.36. The largest absolute Gasteiger partial charge is 0.350 e. The molecule has 1 unspecified atom stereocenters. The minimum Gasteiger partial charge on any atom is -0.350 e. The molecular weight excluding hydrogens is 412 g/mol. The minimum atomic E-state index is -3.55. The SMILES string of the molecule is CCC(C)NC(=O)c1ccc(Cn2nc(C)c(S(=O)(=O)N3CCCCCC3)c2C)cc1. The average Bonchev–Trinajstić information content (AvgIpc) is 2.93. The maximum absolute atomic E-state index is 13.3. The van der Waals surface area contributed by atoms with E-state index in [1.54, 1.807) is 28.0 Å². The number of carbonyl (C=O) groups is 1. The Morgan fingerprint density at radius 3 is 2.29 bits per heavy atom. The van der Waals surface area contributed by atoms with Crippen molar-refractivity contribution in [3.8, 4) is 0 Å². The lowest BCUT2D eigenvalue weighted by molar-refractivity contribution is 0.0939. The Labute approximate surface area is 185 Å². The van der Waals surface area contributed by atoms with E-state index in [4.69, 9.17) is 0 Å². The summed E-state index contributed by atoms with van der Waals surface area (Å²) in [5, 5.41) is 7.49. The summed E-state index contributed by atoms with van der Waals surface area (Å²) in [4.78, 5) is 12.6. The highest BCUT2D eigenvalue weighted by Gasteiger charge is 2.31. The van der Waals surface area contributed by atoms with E-state index in [0.717, 1.165) is 37.7 Å². The minimum absolute atomic E-state index is 0.0853. The standard InChI is InChI=1S/C23H34N4O3S/c1-5-17(2)24-23(28)21-12-10-20(11-13-21)16-27-19(4)22(18(3)25-27)31(29,30)26-14-8-6-7-9-15-26/h10-13,17H,5-9,14-16H2,1-4H3,(H,24,28). The van der Waals surface area contributed by atoms with Gasteiger partial charge in [-0.25, -0.2) is 8.42 Å². The number of carbonyl (C=O) groups excluding carboxylic acids is 1. The number of hydrogen-bond donors (Lipinski definition) is 1. The first kappa shape index (κ1) is 23.5. The van der Waals surface area contributed by atoms with Crippen molar-refractivity contribution in [2.24, 2.45) is 0 Å². The van der Waals surface area contributed by atoms with Crippen LogP contribution in [0, 0.1) is 13.8 Å². The summed E-state index contributed by atoms with van der Waals surface area (Å²) in [6.45, 7) is 9.19. The van der Waals surface area contributed by atoms with Crippen LogP contribution in [0.1, 0.15) is 73.3 Å². The molecule has 3 rings (SSSR count). The molecule has 1 aromatic heterocycles. The van der Waals surface area contributed by atoms with E-state index in [1.807, 2.05) is 32.9 Å². The molecule has 0 radical (unpaired) electrons. The molecule has 0 aliphatic carbocycles. The van der Waals surface area contributed by atoms with Crippen LogP contribution in [0.3, 0.4) is 0 Å². The van der Waals surface area contributed by atoms with Gasteiger partial charge >= 0.3 is 0 Å². The quantitative estimate of drug-likeness (QED) is 0.704. The van der Waals surface area contributed by atoms with Crippen LogP contribution in [0.2, 0.25) is 0 Å². The van der Waals surface area contributed by atoms with Crippen LogP contribution in [0.4, 0.5) is 0 Å². The normalized spacial score (nSPS) is 16.6. The second-order valence-electron chi connectivity index (χ2n) is 8.46. The third-order valence-electron chi connectivity index (χ3n) is 6.02. The van der Waals surface area contributed by atoms with E-state index < -0.39 is 10.0 Å². The van der Waals surface area contributed by atoms with Crippen LogP contribution in [-0.4, -0.2) is 47.5 Å². The van der Waals surface area contributed by atoms with Crippen LogP contribution in [0.5, 0.6) is 0 Å². The fourth-order valence-corrected chi connectivity index (χ4v) is 5.85. The zero-order valence-corrected chi connectivity index (χ0v) is 19.8. The van der Waals surface area contributed by atoms with Gasteiger partial charge in [-0.3, -0.25) is 9.48 Å². The summed E-state index contributed by atoms with van der Waals surface area (Å²) < 4.78 is 30.0. The summed E-state index contributed by atoms with van der Waals surface area (Å²) >= 11 is 0. The van der Waals surface area contributed by atoms with Gasteiger partial charge in [0.2, 0.25) is 10.0 Å². The number of rotatable bonds is 7. The molecule has 1 aliphatic rings. The third-order valence-corrected chi connectivity index (χ3v) is 8.17. The van der Waals surface area contributed by atoms with Gasteiger partial charge in [0.1, 0.15) is 4.90 Å². The van der Waals surface area contributed by atoms with E-state index in [1.165, 1.54) is 0 Å². The first-order valence-electron chi connectivity index (χ1n) is 11.2. The molecule has 1 amide bonds. The first-order chi connectivity index (χ1) is 14.7. The van der Waals surface area contributed by atoms with E-state index >= 15 is 0 Å². The van der Waals surface area contributed by atoms with Crippen molar-refractivity contribution in [2.75, 3.05) is 13.1 Å². The van der Waals surface area contributed by atoms with Gasteiger partial charge in [0.15, 0.2) is 0 Å². The zero-order valence-electron chi connectivity index (χ0n) is 19.0. The Kier molecular flexibility index (Phi) is 7.54. The van der Waals surface area contributed by atoms with Gasteiger partial charge < -0.3 is 5.32 Å². The van der Waals surface area contributed by atoms with Crippen molar-refractivity contribution in [3.05, 3.63) is 46.8 Å². The molecular formula is C23H34N4O3S. The summed E-state index contributed by atoms with van der Waals surface area (Å²) in [6.07, 6.45) is 4.85. The van der Waals surface area contributed by atoms with Gasteiger partial charge in [-0.05, 0) is 57.7 Å². The second-order valence-corrected chi connectivity index (χ2v) is 10.3. The lowest BCUT2D eigenvalue weighted by Gasteiger charge is -2.20. The monoisotopic (exact) mass is 446 g/mol. The van der Waals surface area contributed by atoms with Crippen molar-refractivity contribution in [3.63, 3.8) is 0 Å². The smallest absolute Gasteiger partial charge is 0.251 e. The highest BCUT2D eigenvalue weighted by molar-refractivity contribution is 7.89. The zero-order chi connectivity index (χ0) is 22.6. The molecule has 7 nitrogen and oxygen atoms in total. The van der Waals surface area contributed by atoms with Gasteiger partial charge in [0.05, 0.1) is 17.9 Å². The van der Waals surface area contributed by atoms with Gasteiger partial charge in [0.25, 0.3) is 5.91 Å². The molecule has 0 saturated carbocycles. The number of aromatic nitrogens is 2. The molecule has 1 aromatic carbocycles. The highest BCUT2D eigenvalue weighted by atomic mass is 32.2.